The number of fused-ring (bicyclic) bond motifs is 2. The van der Waals surface area contributed by atoms with Gasteiger partial charge in [-0.25, -0.2) is 14.4 Å². The Morgan fingerprint density at radius 3 is 1.52 bits per heavy atom. The van der Waals surface area contributed by atoms with Crippen molar-refractivity contribution in [2.24, 2.45) is 5.73 Å². The highest BCUT2D eigenvalue weighted by Gasteiger charge is 2.49. The molecular weight excluding hydrogens is 602 g/mol. The molecule has 8 rings (SSSR count). The average molecular weight is 632 g/mol. The number of benzene rings is 7. The van der Waals surface area contributed by atoms with Crippen LogP contribution in [0.2, 0.25) is 0 Å². The van der Waals surface area contributed by atoms with Crippen molar-refractivity contribution < 1.29 is 28.6 Å². The molecule has 0 aromatic heterocycles. The van der Waals surface area contributed by atoms with E-state index in [9.17, 15) is 14.4 Å². The van der Waals surface area contributed by atoms with E-state index in [-0.39, 0.29) is 5.56 Å². The first-order valence-electron chi connectivity index (χ1n) is 15.7. The molecular formula is C41H29NO6. The van der Waals surface area contributed by atoms with Crippen LogP contribution in [0.15, 0.2) is 140 Å². The van der Waals surface area contributed by atoms with Crippen LogP contribution in [0.4, 0.5) is 0 Å². The molecule has 0 amide bonds. The molecule has 0 spiro atoms. The molecule has 0 aliphatic heterocycles. The zero-order valence-electron chi connectivity index (χ0n) is 25.6. The lowest BCUT2D eigenvalue weighted by molar-refractivity contribution is -0.103. The van der Waals surface area contributed by atoms with Gasteiger partial charge in [0.1, 0.15) is 0 Å². The van der Waals surface area contributed by atoms with Gasteiger partial charge < -0.3 is 19.9 Å². The molecule has 7 aromatic carbocycles. The Bertz CT molecular complexity index is 2290. The number of rotatable bonds is 6. The van der Waals surface area contributed by atoms with Crippen molar-refractivity contribution in [1.29, 1.82) is 0 Å². The second-order valence-corrected chi connectivity index (χ2v) is 11.9. The van der Waals surface area contributed by atoms with Crippen molar-refractivity contribution in [3.63, 3.8) is 0 Å². The van der Waals surface area contributed by atoms with Crippen LogP contribution in [0.5, 0.6) is 0 Å². The van der Waals surface area contributed by atoms with E-state index in [1.165, 1.54) is 0 Å². The molecule has 0 radical (unpaired) electrons. The van der Waals surface area contributed by atoms with E-state index in [2.05, 4.69) is 18.2 Å². The molecule has 7 heteroatoms. The third kappa shape index (κ3) is 5.01. The minimum atomic E-state index is -1.28. The minimum absolute atomic E-state index is 0.286. The van der Waals surface area contributed by atoms with E-state index in [0.29, 0.717) is 22.3 Å². The van der Waals surface area contributed by atoms with Gasteiger partial charge in [0, 0.05) is 5.56 Å². The van der Waals surface area contributed by atoms with Crippen LogP contribution in [-0.4, -0.2) is 30.1 Å². The summed E-state index contributed by atoms with van der Waals surface area (Å²) in [5, 5.41) is 5.98. The van der Waals surface area contributed by atoms with E-state index in [1.807, 2.05) is 30.3 Å². The van der Waals surface area contributed by atoms with Crippen molar-refractivity contribution >= 4 is 50.2 Å². The van der Waals surface area contributed by atoms with Gasteiger partial charge in [-0.15, -0.1) is 0 Å². The number of hydrogen-bond acceptors (Lipinski definition) is 7. The first kappa shape index (κ1) is 29.4. The zero-order valence-corrected chi connectivity index (χ0v) is 25.6. The fourth-order valence-electron chi connectivity index (χ4n) is 6.87. The van der Waals surface area contributed by atoms with E-state index in [4.69, 9.17) is 19.9 Å². The van der Waals surface area contributed by atoms with Gasteiger partial charge in [0.2, 0.25) is 0 Å². The molecule has 234 valence electrons. The van der Waals surface area contributed by atoms with E-state index in [1.54, 1.807) is 91.0 Å². The van der Waals surface area contributed by atoms with Crippen molar-refractivity contribution in [3.05, 3.63) is 167 Å². The molecule has 48 heavy (non-hydrogen) atoms. The van der Waals surface area contributed by atoms with Gasteiger partial charge >= 0.3 is 17.9 Å². The van der Waals surface area contributed by atoms with Crippen molar-refractivity contribution in [2.45, 2.75) is 24.4 Å². The number of esters is 3. The van der Waals surface area contributed by atoms with Crippen molar-refractivity contribution in [1.82, 2.24) is 0 Å². The van der Waals surface area contributed by atoms with Crippen molar-refractivity contribution in [2.75, 3.05) is 0 Å². The fraction of sp³-hybridized carbons (Fsp3) is 0.0976. The first-order chi connectivity index (χ1) is 23.5. The van der Waals surface area contributed by atoms with Crippen LogP contribution >= 0.6 is 0 Å². The predicted octanol–water partition coefficient (Wildman–Crippen LogP) is 7.95. The highest BCUT2D eigenvalue weighted by atomic mass is 16.6. The molecule has 2 N–H and O–H groups in total. The summed E-state index contributed by atoms with van der Waals surface area (Å²) in [7, 11) is 0. The Kier molecular flexibility index (Phi) is 7.31. The summed E-state index contributed by atoms with van der Waals surface area (Å²) in [6, 6.07) is 40.9. The summed E-state index contributed by atoms with van der Waals surface area (Å²) in [5.41, 5.74) is 9.26. The van der Waals surface area contributed by atoms with Gasteiger partial charge in [-0.3, -0.25) is 0 Å². The van der Waals surface area contributed by atoms with E-state index >= 15 is 0 Å². The third-order valence-electron chi connectivity index (χ3n) is 9.09. The maximum atomic E-state index is 13.7. The number of nitrogens with two attached hydrogens (primary N) is 1. The SMILES string of the molecule is N[C@@H]1c2c(cc3ccc4cccc5ccc2c3c45)[C@H](OC(=O)c2ccccc2)[C@@H](OC(=O)c2ccccc2)[C@H]1OC(=O)c1ccccc1. The van der Waals surface area contributed by atoms with Crippen LogP contribution in [0, 0.1) is 0 Å². The summed E-state index contributed by atoms with van der Waals surface area (Å²) >= 11 is 0. The average Bonchev–Trinajstić information content (AvgIpc) is 3.14. The predicted molar refractivity (Wildman–Crippen MR) is 183 cm³/mol. The number of ether oxygens (including phenoxy) is 3. The van der Waals surface area contributed by atoms with E-state index in [0.717, 1.165) is 32.3 Å². The highest BCUT2D eigenvalue weighted by molar-refractivity contribution is 6.24. The number of hydrogen-bond donors (Lipinski definition) is 1. The highest BCUT2D eigenvalue weighted by Crippen LogP contribution is 2.48. The Balaban J connectivity index is 1.34. The fourth-order valence-corrected chi connectivity index (χ4v) is 6.87. The van der Waals surface area contributed by atoms with Gasteiger partial charge in [-0.2, -0.15) is 0 Å². The van der Waals surface area contributed by atoms with Crippen LogP contribution in [0.1, 0.15) is 54.3 Å². The minimum Gasteiger partial charge on any atom is -0.453 e. The summed E-state index contributed by atoms with van der Waals surface area (Å²) in [6.07, 6.45) is -3.67. The lowest BCUT2D eigenvalue weighted by Crippen LogP contribution is -2.50. The van der Waals surface area contributed by atoms with Gasteiger partial charge in [0.15, 0.2) is 18.3 Å². The van der Waals surface area contributed by atoms with Gasteiger partial charge in [-0.1, -0.05) is 97.1 Å². The van der Waals surface area contributed by atoms with Crippen LogP contribution in [-0.2, 0) is 14.2 Å². The summed E-state index contributed by atoms with van der Waals surface area (Å²) < 4.78 is 18.6. The van der Waals surface area contributed by atoms with Crippen molar-refractivity contribution in [3.8, 4) is 0 Å². The molecule has 0 bridgehead atoms. The first-order valence-corrected chi connectivity index (χ1v) is 15.7. The Hall–Kier alpha value is -6.05. The molecule has 1 aliphatic rings. The maximum Gasteiger partial charge on any atom is 0.338 e. The largest absolute Gasteiger partial charge is 0.453 e. The molecule has 0 unspecified atom stereocenters. The second-order valence-electron chi connectivity index (χ2n) is 11.9. The molecule has 0 saturated heterocycles. The monoisotopic (exact) mass is 631 g/mol. The van der Waals surface area contributed by atoms with Crippen LogP contribution in [0.25, 0.3) is 32.3 Å². The smallest absolute Gasteiger partial charge is 0.338 e. The normalized spacial score (nSPS) is 18.8. The standard InChI is InChI=1S/C41H29NO6/c42-35-34-30-22-21-25-18-10-17-24-19-20-29(33(30)32(24)25)23-31(34)36(46-39(43)26-11-4-1-5-12-26)38(48-41(45)28-15-8-3-9-16-28)37(35)47-40(44)27-13-6-2-7-14-27/h1-23,35-38H,42H2/t35-,36+,37+,38-/m1/s1. The van der Waals surface area contributed by atoms with Crippen LogP contribution in [0.3, 0.4) is 0 Å². The summed E-state index contributed by atoms with van der Waals surface area (Å²) in [6.45, 7) is 0. The third-order valence-corrected chi connectivity index (χ3v) is 9.09. The number of carbonyl (C=O) groups is 3. The number of carbonyl (C=O) groups excluding carboxylic acids is 3. The lowest BCUT2D eigenvalue weighted by Gasteiger charge is -2.41. The molecule has 4 atom stereocenters. The summed E-state index contributed by atoms with van der Waals surface area (Å²) in [5.74, 6) is -1.94. The molecule has 0 fully saturated rings. The molecule has 7 aromatic rings. The zero-order chi connectivity index (χ0) is 32.8. The maximum absolute atomic E-state index is 13.7. The molecule has 7 nitrogen and oxygen atoms in total. The topological polar surface area (TPSA) is 105 Å². The quantitative estimate of drug-likeness (QED) is 0.113. The van der Waals surface area contributed by atoms with Crippen LogP contribution < -0.4 is 5.73 Å². The summed E-state index contributed by atoms with van der Waals surface area (Å²) in [4.78, 5) is 41.0. The Morgan fingerprint density at radius 2 is 0.958 bits per heavy atom. The van der Waals surface area contributed by atoms with E-state index < -0.39 is 42.3 Å². The molecule has 0 heterocycles. The lowest BCUT2D eigenvalue weighted by atomic mass is 9.77. The van der Waals surface area contributed by atoms with Gasteiger partial charge in [-0.05, 0) is 80.3 Å². The van der Waals surface area contributed by atoms with Gasteiger partial charge in [0.25, 0.3) is 0 Å². The Morgan fingerprint density at radius 1 is 0.479 bits per heavy atom. The molecule has 1 aliphatic carbocycles. The Labute approximate surface area is 275 Å². The molecule has 0 saturated carbocycles. The van der Waals surface area contributed by atoms with Gasteiger partial charge in [0.05, 0.1) is 22.7 Å². The second kappa shape index (κ2) is 12.0.